The summed E-state index contributed by atoms with van der Waals surface area (Å²) in [6.07, 6.45) is 11.9. The highest BCUT2D eigenvalue weighted by Gasteiger charge is 2.52. The van der Waals surface area contributed by atoms with E-state index in [4.69, 9.17) is 85.3 Å². The molecule has 12 atom stereocenters. The monoisotopic (exact) mass is 2040 g/mol. The van der Waals surface area contributed by atoms with Gasteiger partial charge in [-0.05, 0) is 294 Å². The third kappa shape index (κ3) is 26.9. The third-order valence-corrected chi connectivity index (χ3v) is 27.6. The van der Waals surface area contributed by atoms with Crippen LogP contribution in [0.3, 0.4) is 0 Å². The minimum Gasteiger partial charge on any atom is -0.494 e. The second kappa shape index (κ2) is 48.7. The molecular formula is C121H122O29. The number of allylic oxidation sites excluding steroid dienone is 1. The van der Waals surface area contributed by atoms with Crippen molar-refractivity contribution in [2.45, 2.75) is 154 Å². The molecule has 29 heteroatoms. The summed E-state index contributed by atoms with van der Waals surface area (Å²) in [5.74, 6) is -10.1. The maximum Gasteiger partial charge on any atom is 0.330 e. The normalized spacial score (nSPS) is 19.0. The molecule has 0 heterocycles. The maximum absolute atomic E-state index is 15.4. The van der Waals surface area contributed by atoms with Crippen molar-refractivity contribution in [3.05, 3.63) is 301 Å². The Labute approximate surface area is 869 Å². The lowest BCUT2D eigenvalue weighted by molar-refractivity contribution is -0.138. The number of hydrogen-bond acceptors (Lipinski definition) is 29. The number of rotatable bonds is 55. The van der Waals surface area contributed by atoms with Crippen LogP contribution in [0.15, 0.2) is 234 Å². The Balaban J connectivity index is 0.810. The van der Waals surface area contributed by atoms with Gasteiger partial charge in [0, 0.05) is 68.9 Å². The van der Waals surface area contributed by atoms with Crippen molar-refractivity contribution < 1.29 is 138 Å². The van der Waals surface area contributed by atoms with Crippen LogP contribution in [0.25, 0.3) is 32.3 Å². The summed E-state index contributed by atoms with van der Waals surface area (Å²) in [6, 6.07) is 43.4. The number of carbonyl (C=O) groups excluding carboxylic acids is 11. The molecule has 6 saturated carbocycles. The molecule has 0 N–H and O–H groups in total. The lowest BCUT2D eigenvalue weighted by atomic mass is 9.93. The van der Waals surface area contributed by atoms with E-state index >= 15 is 28.8 Å². The fourth-order valence-electron chi connectivity index (χ4n) is 18.8. The van der Waals surface area contributed by atoms with Gasteiger partial charge in [0.2, 0.25) is 0 Å². The van der Waals surface area contributed by atoms with Crippen LogP contribution in [0, 0.1) is 77.0 Å². The van der Waals surface area contributed by atoms with Gasteiger partial charge < -0.3 is 85.3 Å². The van der Waals surface area contributed by atoms with Crippen molar-refractivity contribution in [3.8, 4) is 69.0 Å². The van der Waals surface area contributed by atoms with Crippen molar-refractivity contribution in [1.29, 1.82) is 0 Å². The molecule has 0 bridgehead atoms. The van der Waals surface area contributed by atoms with Crippen LogP contribution in [0.5, 0.6) is 69.0 Å². The number of fused-ring (bicyclic) bond motifs is 6. The zero-order chi connectivity index (χ0) is 106. The summed E-state index contributed by atoms with van der Waals surface area (Å²) in [4.78, 5) is 151. The Morgan fingerprint density at radius 3 is 0.527 bits per heavy atom. The van der Waals surface area contributed by atoms with Crippen LogP contribution >= 0.6 is 0 Å². The summed E-state index contributed by atoms with van der Waals surface area (Å²) in [6.45, 7) is 38.7. The van der Waals surface area contributed by atoms with Gasteiger partial charge in [-0.1, -0.05) is 119 Å². The summed E-state index contributed by atoms with van der Waals surface area (Å²) in [5, 5.41) is 1.72. The largest absolute Gasteiger partial charge is 0.494 e. The Hall–Kier alpha value is -16.1. The number of hydrogen-bond donors (Lipinski definition) is 0. The number of esters is 11. The molecule has 0 aromatic heterocycles. The lowest BCUT2D eigenvalue weighted by Crippen LogP contribution is -2.16. The molecule has 6 aliphatic carbocycles. The van der Waals surface area contributed by atoms with E-state index in [1.807, 2.05) is 151 Å². The average Bonchev–Trinajstić information content (AvgIpc) is 1.55. The van der Waals surface area contributed by atoms with Crippen molar-refractivity contribution in [2.24, 2.45) is 35.5 Å². The average molecular weight is 2040 g/mol. The minimum atomic E-state index is -0.722. The molecule has 780 valence electrons. The first-order valence-electron chi connectivity index (χ1n) is 50.6. The maximum atomic E-state index is 15.4. The standard InChI is InChI=1S/C121H122O29/c1-14-74(13)133-38-20-39-134-99-32-26-75(50-68(99)7)81-56-93(81)116(127)145-105-62-87-88(63-106(105)146-117(128)94-57-82(94)76-27-33-100(69(8)51-76)135-40-21-45-140-111(122)15-2)90-65-108(148-119(130)96-59-84(96)78-29-35-102(71(10)53-78)137-42-23-47-142-113(124)17-4)110(150-121(132)98-61-86(98)80-31-37-104(73(12)55-80)139-44-25-49-144-115(126)19-6)67-92(90)91-66-109(149-120(131)97-60-85(97)79-30-36-103(72(11)54-79)138-43-24-48-143-114(125)18-5)107(64-89(87)91)147-118(129)95-58-83(95)77-28-34-101(70(9)52-77)136-41-22-46-141-112(123)16-3/h14-19,26-37,50-55,62-67,81-86,93-98H,1-6,13,20-25,38-49,56-61H2,7-12H3. The summed E-state index contributed by atoms with van der Waals surface area (Å²) >= 11 is 0. The molecule has 0 aliphatic heterocycles. The van der Waals surface area contributed by atoms with Gasteiger partial charge in [-0.2, -0.15) is 0 Å². The molecular weight excluding hydrogens is 1920 g/mol. The van der Waals surface area contributed by atoms with Crippen molar-refractivity contribution >= 4 is 98.0 Å². The lowest BCUT2D eigenvalue weighted by Gasteiger charge is -2.19. The first-order valence-corrected chi connectivity index (χ1v) is 50.6. The van der Waals surface area contributed by atoms with E-state index in [1.54, 1.807) is 36.4 Å². The SMILES string of the molecule is C=CC(=C)OCCCOc1ccc(C2CC2C(=O)Oc2cc3c(cc2OC(=O)C2CC2c2ccc(OCCCOC(=O)C=C)c(C)c2)c2cc(OC(=O)C4CC4c4ccc(OCCCOC(=O)C=C)c(C)c4)c(OC(=O)C4CC4c4ccc(OCCCOC(=O)C=C)c(C)c4)cc2c2cc(OC(=O)C4CC4c4ccc(OCCCOC(=O)C=C)c(C)c4)c(OC(=O)C4CC4c4ccc(OCCCOC(=O)C=C)c(C)c4)cc32)cc1C. The number of benzene rings is 10. The van der Waals surface area contributed by atoms with Crippen molar-refractivity contribution in [2.75, 3.05) is 79.3 Å². The van der Waals surface area contributed by atoms with Crippen LogP contribution in [0.2, 0.25) is 0 Å². The molecule has 0 amide bonds. The van der Waals surface area contributed by atoms with Crippen molar-refractivity contribution in [3.63, 3.8) is 0 Å². The summed E-state index contributed by atoms with van der Waals surface area (Å²) in [5.41, 5.74) is 9.74. The highest BCUT2D eigenvalue weighted by atomic mass is 16.6. The van der Waals surface area contributed by atoms with Gasteiger partial charge in [0.1, 0.15) is 40.3 Å². The molecule has 29 nitrogen and oxygen atoms in total. The van der Waals surface area contributed by atoms with Crippen LogP contribution < -0.4 is 56.8 Å². The third-order valence-electron chi connectivity index (χ3n) is 27.6. The fourth-order valence-corrected chi connectivity index (χ4v) is 18.8. The quantitative estimate of drug-likeness (QED) is 0.00499. The van der Waals surface area contributed by atoms with Crippen LogP contribution in [-0.2, 0) is 81.2 Å². The zero-order valence-corrected chi connectivity index (χ0v) is 85.0. The van der Waals surface area contributed by atoms with Gasteiger partial charge >= 0.3 is 65.7 Å². The van der Waals surface area contributed by atoms with Gasteiger partial charge in [0.05, 0.1) is 115 Å². The van der Waals surface area contributed by atoms with E-state index in [0.29, 0.717) is 131 Å². The smallest absolute Gasteiger partial charge is 0.330 e. The number of aryl methyl sites for hydroxylation is 6. The Bertz CT molecular complexity index is 5890. The number of carbonyl (C=O) groups is 11. The van der Waals surface area contributed by atoms with E-state index in [9.17, 15) is 24.0 Å². The van der Waals surface area contributed by atoms with E-state index in [1.165, 1.54) is 6.08 Å². The van der Waals surface area contributed by atoms with Crippen molar-refractivity contribution in [1.82, 2.24) is 0 Å². The molecule has 10 aromatic rings. The Morgan fingerprint density at radius 1 is 0.220 bits per heavy atom. The predicted octanol–water partition coefficient (Wildman–Crippen LogP) is 21.2. The Kier molecular flexibility index (Phi) is 34.7. The van der Waals surface area contributed by atoms with E-state index in [0.717, 1.165) is 97.1 Å². The molecule has 6 fully saturated rings. The minimum absolute atomic E-state index is 0.125. The van der Waals surface area contributed by atoms with Gasteiger partial charge in [-0.25, -0.2) is 24.0 Å². The van der Waals surface area contributed by atoms with E-state index in [-0.39, 0.29) is 168 Å². The molecule has 0 saturated heterocycles. The first kappa shape index (κ1) is 107. The molecule has 10 aromatic carbocycles. The highest BCUT2D eigenvalue weighted by Crippen LogP contribution is 2.58. The molecule has 16 rings (SSSR count). The highest BCUT2D eigenvalue weighted by molar-refractivity contribution is 6.27. The molecule has 0 spiro atoms. The fraction of sp³-hybridized carbons (Fsp3) is 0.347. The molecule has 150 heavy (non-hydrogen) atoms. The Morgan fingerprint density at radius 2 is 0.380 bits per heavy atom. The predicted molar refractivity (Wildman–Crippen MR) is 557 cm³/mol. The van der Waals surface area contributed by atoms with E-state index < -0.39 is 101 Å². The summed E-state index contributed by atoms with van der Waals surface area (Å²) in [7, 11) is 0. The molecule has 6 aliphatic rings. The van der Waals surface area contributed by atoms with Gasteiger partial charge in [0.15, 0.2) is 34.5 Å². The van der Waals surface area contributed by atoms with Gasteiger partial charge in [-0.15, -0.1) is 0 Å². The van der Waals surface area contributed by atoms with Crippen LogP contribution in [-0.4, -0.2) is 145 Å². The van der Waals surface area contributed by atoms with Gasteiger partial charge in [0.25, 0.3) is 0 Å². The topological polar surface area (TPSA) is 354 Å². The summed E-state index contributed by atoms with van der Waals surface area (Å²) < 4.78 is 108. The first-order chi connectivity index (χ1) is 72.5. The second-order valence-corrected chi connectivity index (χ2v) is 38.5. The molecule has 12 unspecified atom stereocenters. The van der Waals surface area contributed by atoms with Crippen LogP contribution in [0.4, 0.5) is 0 Å². The van der Waals surface area contributed by atoms with Crippen LogP contribution in [0.1, 0.15) is 179 Å². The van der Waals surface area contributed by atoms with E-state index in [2.05, 4.69) is 46.1 Å². The molecule has 0 radical (unpaired) electrons. The van der Waals surface area contributed by atoms with Gasteiger partial charge in [-0.3, -0.25) is 28.8 Å². The second-order valence-electron chi connectivity index (χ2n) is 38.5. The zero-order valence-electron chi connectivity index (χ0n) is 85.0. The number of ether oxygens (including phenoxy) is 18.